The molecule has 2 rings (SSSR count). The van der Waals surface area contributed by atoms with E-state index >= 15 is 0 Å². The number of nitrogens with one attached hydrogen (secondary N) is 1. The second-order valence-corrected chi connectivity index (χ2v) is 5.36. The van der Waals surface area contributed by atoms with E-state index in [9.17, 15) is 0 Å². The van der Waals surface area contributed by atoms with Gasteiger partial charge in [-0.3, -0.25) is 4.90 Å². The summed E-state index contributed by atoms with van der Waals surface area (Å²) in [5.41, 5.74) is 1.19. The van der Waals surface area contributed by atoms with Crippen LogP contribution in [-0.2, 0) is 6.54 Å². The van der Waals surface area contributed by atoms with Crippen LogP contribution in [0.3, 0.4) is 0 Å². The third-order valence-electron chi connectivity index (χ3n) is 4.23. The van der Waals surface area contributed by atoms with Gasteiger partial charge in [0.25, 0.3) is 0 Å². The van der Waals surface area contributed by atoms with E-state index in [-0.39, 0.29) is 0 Å². The molecule has 0 aromatic carbocycles. The summed E-state index contributed by atoms with van der Waals surface area (Å²) in [7, 11) is 3.74. The lowest BCUT2D eigenvalue weighted by molar-refractivity contribution is 0.157. The van der Waals surface area contributed by atoms with Crippen molar-refractivity contribution < 1.29 is 4.74 Å². The third-order valence-corrected chi connectivity index (χ3v) is 4.23. The van der Waals surface area contributed by atoms with E-state index in [1.807, 2.05) is 6.07 Å². The maximum atomic E-state index is 5.32. The van der Waals surface area contributed by atoms with Crippen LogP contribution < -0.4 is 10.1 Å². The number of pyridine rings is 1. The van der Waals surface area contributed by atoms with Gasteiger partial charge in [-0.2, -0.15) is 0 Å². The summed E-state index contributed by atoms with van der Waals surface area (Å²) in [5.74, 6) is 1.56. The Morgan fingerprint density at radius 2 is 2.21 bits per heavy atom. The monoisotopic (exact) mass is 263 g/mol. The molecule has 1 atom stereocenters. The molecule has 0 bridgehead atoms. The van der Waals surface area contributed by atoms with Crippen molar-refractivity contribution in [2.24, 2.45) is 5.92 Å². The molecule has 19 heavy (non-hydrogen) atoms. The zero-order valence-electron chi connectivity index (χ0n) is 12.2. The summed E-state index contributed by atoms with van der Waals surface area (Å²) in [6.07, 6.45) is 4.32. The summed E-state index contributed by atoms with van der Waals surface area (Å²) < 4.78 is 5.32. The van der Waals surface area contributed by atoms with Gasteiger partial charge in [-0.05, 0) is 51.9 Å². The fraction of sp³-hybridized carbons (Fsp3) is 0.667. The Hall–Kier alpha value is -1.13. The van der Waals surface area contributed by atoms with Crippen molar-refractivity contribution in [2.75, 3.05) is 27.2 Å². The molecule has 1 N–H and O–H groups in total. The topological polar surface area (TPSA) is 37.4 Å². The lowest BCUT2D eigenvalue weighted by Crippen LogP contribution is -2.40. The molecule has 0 saturated carbocycles. The van der Waals surface area contributed by atoms with Crippen LogP contribution >= 0.6 is 0 Å². The number of piperidine rings is 1. The van der Waals surface area contributed by atoms with Crippen LogP contribution in [0.2, 0.25) is 0 Å². The van der Waals surface area contributed by atoms with Gasteiger partial charge in [0.05, 0.1) is 7.11 Å². The minimum atomic E-state index is 0.620. The smallest absolute Gasteiger partial charge is 0.217 e. The predicted molar refractivity (Wildman–Crippen MR) is 77.3 cm³/mol. The van der Waals surface area contributed by atoms with Crippen LogP contribution in [0.15, 0.2) is 18.3 Å². The Morgan fingerprint density at radius 1 is 1.47 bits per heavy atom. The Labute approximate surface area is 116 Å². The summed E-state index contributed by atoms with van der Waals surface area (Å²) in [4.78, 5) is 6.76. The molecular weight excluding hydrogens is 238 g/mol. The number of rotatable bonds is 5. The van der Waals surface area contributed by atoms with Crippen LogP contribution in [0.4, 0.5) is 0 Å². The molecule has 0 spiro atoms. The molecule has 106 valence electrons. The van der Waals surface area contributed by atoms with Gasteiger partial charge < -0.3 is 10.1 Å². The van der Waals surface area contributed by atoms with Crippen LogP contribution in [0, 0.1) is 5.92 Å². The highest BCUT2D eigenvalue weighted by atomic mass is 16.5. The fourth-order valence-corrected chi connectivity index (χ4v) is 2.82. The largest absolute Gasteiger partial charge is 0.481 e. The molecule has 4 nitrogen and oxygen atoms in total. The first-order chi connectivity index (χ1) is 9.24. The van der Waals surface area contributed by atoms with Crippen molar-refractivity contribution >= 4 is 0 Å². The van der Waals surface area contributed by atoms with E-state index in [4.69, 9.17) is 4.74 Å². The average Bonchev–Trinajstić information content (AvgIpc) is 2.48. The molecule has 0 aliphatic carbocycles. The number of hydrogen-bond donors (Lipinski definition) is 1. The van der Waals surface area contributed by atoms with Crippen molar-refractivity contribution in [1.29, 1.82) is 0 Å². The van der Waals surface area contributed by atoms with Gasteiger partial charge in [-0.15, -0.1) is 0 Å². The van der Waals surface area contributed by atoms with Gasteiger partial charge >= 0.3 is 0 Å². The van der Waals surface area contributed by atoms with Crippen LogP contribution in [0.5, 0.6) is 5.88 Å². The highest BCUT2D eigenvalue weighted by Gasteiger charge is 2.23. The molecule has 1 fully saturated rings. The molecule has 1 aliphatic heterocycles. The molecule has 0 radical (unpaired) electrons. The van der Waals surface area contributed by atoms with Crippen molar-refractivity contribution in [3.63, 3.8) is 0 Å². The van der Waals surface area contributed by atoms with Gasteiger partial charge in [0.2, 0.25) is 5.88 Å². The molecule has 1 aliphatic rings. The summed E-state index contributed by atoms with van der Waals surface area (Å²) in [6.45, 7) is 5.55. The zero-order chi connectivity index (χ0) is 13.7. The van der Waals surface area contributed by atoms with Crippen LogP contribution in [0.1, 0.15) is 25.3 Å². The van der Waals surface area contributed by atoms with Gasteiger partial charge in [0, 0.05) is 24.3 Å². The van der Waals surface area contributed by atoms with Crippen LogP contribution in [0.25, 0.3) is 0 Å². The maximum Gasteiger partial charge on any atom is 0.217 e. The van der Waals surface area contributed by atoms with Gasteiger partial charge in [0.1, 0.15) is 0 Å². The first-order valence-corrected chi connectivity index (χ1v) is 7.12. The first-order valence-electron chi connectivity index (χ1n) is 7.12. The van der Waals surface area contributed by atoms with E-state index < -0.39 is 0 Å². The molecule has 0 amide bonds. The predicted octanol–water partition coefficient (Wildman–Crippen LogP) is 1.91. The Bertz CT molecular complexity index is 389. The quantitative estimate of drug-likeness (QED) is 0.880. The van der Waals surface area contributed by atoms with Crippen molar-refractivity contribution in [1.82, 2.24) is 15.2 Å². The van der Waals surface area contributed by atoms with Gasteiger partial charge in [0.15, 0.2) is 0 Å². The van der Waals surface area contributed by atoms with E-state index in [1.54, 1.807) is 13.3 Å². The summed E-state index contributed by atoms with van der Waals surface area (Å²) in [6, 6.07) is 4.71. The summed E-state index contributed by atoms with van der Waals surface area (Å²) >= 11 is 0. The van der Waals surface area contributed by atoms with E-state index in [0.29, 0.717) is 6.04 Å². The number of hydrogen-bond acceptors (Lipinski definition) is 4. The van der Waals surface area contributed by atoms with E-state index in [1.165, 1.54) is 18.4 Å². The molecule has 2 heterocycles. The Morgan fingerprint density at radius 3 is 2.84 bits per heavy atom. The van der Waals surface area contributed by atoms with Gasteiger partial charge in [-0.1, -0.05) is 6.07 Å². The van der Waals surface area contributed by atoms with Crippen molar-refractivity contribution in [3.05, 3.63) is 23.9 Å². The normalized spacial score (nSPS) is 19.3. The minimum Gasteiger partial charge on any atom is -0.481 e. The van der Waals surface area contributed by atoms with Crippen molar-refractivity contribution in [3.8, 4) is 5.88 Å². The second-order valence-electron chi connectivity index (χ2n) is 5.36. The standard InChI is InChI=1S/C15H25N3O/c1-12(16-2)13-6-9-18(10-7-13)11-14-5-4-8-17-15(14)19-3/h4-5,8,12-13,16H,6-7,9-11H2,1-3H3. The number of ether oxygens (including phenoxy) is 1. The van der Waals surface area contributed by atoms with Crippen LogP contribution in [-0.4, -0.2) is 43.2 Å². The number of aromatic nitrogens is 1. The zero-order valence-corrected chi connectivity index (χ0v) is 12.2. The number of methoxy groups -OCH3 is 1. The lowest BCUT2D eigenvalue weighted by Gasteiger charge is -2.34. The SMILES string of the molecule is CNC(C)C1CCN(Cc2cccnc2OC)CC1. The Balaban J connectivity index is 1.89. The molecular formula is C15H25N3O. The molecule has 4 heteroatoms. The lowest BCUT2D eigenvalue weighted by atomic mass is 9.90. The number of likely N-dealkylation sites (tertiary alicyclic amines) is 1. The highest BCUT2D eigenvalue weighted by molar-refractivity contribution is 5.25. The molecule has 1 aromatic rings. The van der Waals surface area contributed by atoms with Gasteiger partial charge in [-0.25, -0.2) is 4.98 Å². The van der Waals surface area contributed by atoms with E-state index in [0.717, 1.165) is 31.4 Å². The Kier molecular flexibility index (Phi) is 5.16. The third kappa shape index (κ3) is 3.67. The van der Waals surface area contributed by atoms with Crippen molar-refractivity contribution in [2.45, 2.75) is 32.4 Å². The summed E-state index contributed by atoms with van der Waals surface area (Å²) in [5, 5.41) is 3.37. The molecule has 1 unspecified atom stereocenters. The number of nitrogens with zero attached hydrogens (tertiary/aromatic N) is 2. The first kappa shape index (κ1) is 14.3. The maximum absolute atomic E-state index is 5.32. The highest BCUT2D eigenvalue weighted by Crippen LogP contribution is 2.23. The fourth-order valence-electron chi connectivity index (χ4n) is 2.82. The minimum absolute atomic E-state index is 0.620. The molecule has 1 aromatic heterocycles. The second kappa shape index (κ2) is 6.87. The molecule has 1 saturated heterocycles. The van der Waals surface area contributed by atoms with E-state index in [2.05, 4.69) is 35.2 Å². The average molecular weight is 263 g/mol.